The summed E-state index contributed by atoms with van der Waals surface area (Å²) in [6.45, 7) is 2.16. The molecule has 2 aromatic rings. The Morgan fingerprint density at radius 2 is 2.47 bits per heavy atom. The molecule has 2 aromatic heterocycles. The zero-order chi connectivity index (χ0) is 10.1. The Morgan fingerprint density at radius 1 is 1.47 bits per heavy atom. The van der Waals surface area contributed by atoms with Gasteiger partial charge in [-0.05, 0) is 25.1 Å². The SMILES string of the molecule is c1cc(NC2CCNC2)n2ccnc2c1. The number of nitrogens with zero attached hydrogens (tertiary/aromatic N) is 2. The van der Waals surface area contributed by atoms with Crippen LogP contribution in [0.1, 0.15) is 6.42 Å². The number of pyridine rings is 1. The van der Waals surface area contributed by atoms with Gasteiger partial charge in [0.15, 0.2) is 0 Å². The number of hydrogen-bond donors (Lipinski definition) is 2. The lowest BCUT2D eigenvalue weighted by atomic mass is 10.2. The number of imidazole rings is 1. The molecule has 1 aliphatic rings. The summed E-state index contributed by atoms with van der Waals surface area (Å²) in [5.74, 6) is 1.12. The van der Waals surface area contributed by atoms with Gasteiger partial charge in [0.2, 0.25) is 0 Å². The van der Waals surface area contributed by atoms with Crippen LogP contribution < -0.4 is 10.6 Å². The fraction of sp³-hybridized carbons (Fsp3) is 0.364. The van der Waals surface area contributed by atoms with E-state index in [1.54, 1.807) is 0 Å². The molecule has 0 spiro atoms. The number of rotatable bonds is 2. The van der Waals surface area contributed by atoms with Gasteiger partial charge < -0.3 is 10.6 Å². The van der Waals surface area contributed by atoms with Crippen molar-refractivity contribution in [2.75, 3.05) is 18.4 Å². The number of fused-ring (bicyclic) bond motifs is 1. The molecule has 3 rings (SSSR count). The topological polar surface area (TPSA) is 41.4 Å². The number of nitrogens with one attached hydrogen (secondary N) is 2. The van der Waals surface area contributed by atoms with Crippen molar-refractivity contribution in [3.63, 3.8) is 0 Å². The van der Waals surface area contributed by atoms with Crippen molar-refractivity contribution in [2.45, 2.75) is 12.5 Å². The van der Waals surface area contributed by atoms with E-state index >= 15 is 0 Å². The first-order chi connectivity index (χ1) is 7.43. The highest BCUT2D eigenvalue weighted by molar-refractivity contribution is 5.50. The van der Waals surface area contributed by atoms with E-state index < -0.39 is 0 Å². The first kappa shape index (κ1) is 8.73. The monoisotopic (exact) mass is 202 g/mol. The van der Waals surface area contributed by atoms with Crippen LogP contribution >= 0.6 is 0 Å². The lowest BCUT2D eigenvalue weighted by Gasteiger charge is -2.14. The van der Waals surface area contributed by atoms with Crippen LogP contribution in [0.4, 0.5) is 5.82 Å². The molecule has 15 heavy (non-hydrogen) atoms. The summed E-state index contributed by atoms with van der Waals surface area (Å²) in [7, 11) is 0. The van der Waals surface area contributed by atoms with Crippen LogP contribution in [0.25, 0.3) is 5.65 Å². The Labute approximate surface area is 88.3 Å². The van der Waals surface area contributed by atoms with Crippen LogP contribution in [0, 0.1) is 0 Å². The van der Waals surface area contributed by atoms with Gasteiger partial charge in [-0.3, -0.25) is 4.40 Å². The molecule has 4 nitrogen and oxygen atoms in total. The van der Waals surface area contributed by atoms with Crippen LogP contribution in [-0.2, 0) is 0 Å². The predicted molar refractivity (Wildman–Crippen MR) is 60.1 cm³/mol. The second-order valence-corrected chi connectivity index (χ2v) is 3.90. The molecule has 78 valence electrons. The molecule has 1 unspecified atom stereocenters. The van der Waals surface area contributed by atoms with E-state index in [-0.39, 0.29) is 0 Å². The second-order valence-electron chi connectivity index (χ2n) is 3.90. The molecule has 1 atom stereocenters. The van der Waals surface area contributed by atoms with Gasteiger partial charge in [0.1, 0.15) is 11.5 Å². The maximum Gasteiger partial charge on any atom is 0.138 e. The van der Waals surface area contributed by atoms with Crippen molar-refractivity contribution in [1.82, 2.24) is 14.7 Å². The summed E-state index contributed by atoms with van der Waals surface area (Å²) in [5, 5.41) is 6.88. The third-order valence-corrected chi connectivity index (χ3v) is 2.84. The van der Waals surface area contributed by atoms with Gasteiger partial charge in [-0.25, -0.2) is 4.98 Å². The minimum atomic E-state index is 0.540. The number of hydrogen-bond acceptors (Lipinski definition) is 3. The zero-order valence-electron chi connectivity index (χ0n) is 8.48. The van der Waals surface area contributed by atoms with Gasteiger partial charge in [-0.15, -0.1) is 0 Å². The van der Waals surface area contributed by atoms with E-state index in [0.717, 1.165) is 24.6 Å². The van der Waals surface area contributed by atoms with Gasteiger partial charge in [-0.2, -0.15) is 0 Å². The Hall–Kier alpha value is -1.55. The van der Waals surface area contributed by atoms with Crippen LogP contribution in [0.3, 0.4) is 0 Å². The lowest BCUT2D eigenvalue weighted by molar-refractivity contribution is 0.785. The summed E-state index contributed by atoms with van der Waals surface area (Å²) in [4.78, 5) is 4.26. The summed E-state index contributed by atoms with van der Waals surface area (Å²) >= 11 is 0. The minimum absolute atomic E-state index is 0.540. The van der Waals surface area contributed by atoms with Gasteiger partial charge >= 0.3 is 0 Å². The molecule has 0 aromatic carbocycles. The summed E-state index contributed by atoms with van der Waals surface area (Å²) in [6, 6.07) is 6.68. The third-order valence-electron chi connectivity index (χ3n) is 2.84. The maximum absolute atomic E-state index is 4.26. The minimum Gasteiger partial charge on any atom is -0.367 e. The maximum atomic E-state index is 4.26. The van der Waals surface area contributed by atoms with Crippen molar-refractivity contribution < 1.29 is 0 Å². The van der Waals surface area contributed by atoms with Crippen molar-refractivity contribution in [2.24, 2.45) is 0 Å². The van der Waals surface area contributed by atoms with Crippen LogP contribution in [0.5, 0.6) is 0 Å². The normalized spacial score (nSPS) is 20.9. The highest BCUT2D eigenvalue weighted by atomic mass is 15.1. The Morgan fingerprint density at radius 3 is 3.33 bits per heavy atom. The van der Waals surface area contributed by atoms with Gasteiger partial charge in [0, 0.05) is 25.0 Å². The average Bonchev–Trinajstić information content (AvgIpc) is 2.87. The third kappa shape index (κ3) is 1.57. The summed E-state index contributed by atoms with van der Waals surface area (Å²) in [5.41, 5.74) is 0.992. The van der Waals surface area contributed by atoms with Crippen LogP contribution in [0.2, 0.25) is 0 Å². The number of aromatic nitrogens is 2. The van der Waals surface area contributed by atoms with Crippen LogP contribution in [-0.4, -0.2) is 28.5 Å². The van der Waals surface area contributed by atoms with Gasteiger partial charge in [0.25, 0.3) is 0 Å². The molecule has 1 saturated heterocycles. The second kappa shape index (κ2) is 3.55. The predicted octanol–water partition coefficient (Wildman–Crippen LogP) is 1.11. The van der Waals surface area contributed by atoms with Crippen LogP contribution in [0.15, 0.2) is 30.6 Å². The Bertz CT molecular complexity index is 456. The quantitative estimate of drug-likeness (QED) is 0.766. The lowest BCUT2D eigenvalue weighted by Crippen LogP contribution is -2.23. The standard InChI is InChI=1S/C11H14N4/c1-2-10-13-6-7-15(10)11(3-1)14-9-4-5-12-8-9/h1-3,6-7,9,12,14H,4-5,8H2. The average molecular weight is 202 g/mol. The Kier molecular flexibility index (Phi) is 2.07. The fourth-order valence-corrected chi connectivity index (χ4v) is 2.05. The smallest absolute Gasteiger partial charge is 0.138 e. The van der Waals surface area contributed by atoms with E-state index in [9.17, 15) is 0 Å². The van der Waals surface area contributed by atoms with Crippen molar-refractivity contribution in [3.8, 4) is 0 Å². The molecule has 0 radical (unpaired) electrons. The van der Waals surface area contributed by atoms with Crippen molar-refractivity contribution in [3.05, 3.63) is 30.6 Å². The highest BCUT2D eigenvalue weighted by Crippen LogP contribution is 2.13. The van der Waals surface area contributed by atoms with Crippen molar-refractivity contribution in [1.29, 1.82) is 0 Å². The van der Waals surface area contributed by atoms with E-state index in [1.807, 2.05) is 24.5 Å². The molecule has 0 saturated carbocycles. The molecule has 3 heterocycles. The van der Waals surface area contributed by atoms with Crippen molar-refractivity contribution >= 4 is 11.5 Å². The molecule has 0 bridgehead atoms. The fourth-order valence-electron chi connectivity index (χ4n) is 2.05. The van der Waals surface area contributed by atoms with E-state index in [2.05, 4.69) is 26.1 Å². The highest BCUT2D eigenvalue weighted by Gasteiger charge is 2.14. The molecule has 0 aliphatic carbocycles. The molecule has 2 N–H and O–H groups in total. The molecule has 1 aliphatic heterocycles. The van der Waals surface area contributed by atoms with Gasteiger partial charge in [0.05, 0.1) is 0 Å². The molecular weight excluding hydrogens is 188 g/mol. The molecule has 0 amide bonds. The number of anilines is 1. The molecule has 4 heteroatoms. The first-order valence-corrected chi connectivity index (χ1v) is 5.33. The van der Waals surface area contributed by atoms with Gasteiger partial charge in [-0.1, -0.05) is 6.07 Å². The van der Waals surface area contributed by atoms with E-state index in [1.165, 1.54) is 6.42 Å². The van der Waals surface area contributed by atoms with E-state index in [0.29, 0.717) is 6.04 Å². The van der Waals surface area contributed by atoms with E-state index in [4.69, 9.17) is 0 Å². The molecule has 1 fully saturated rings. The Balaban J connectivity index is 1.92. The first-order valence-electron chi connectivity index (χ1n) is 5.33. The molecular formula is C11H14N4. The largest absolute Gasteiger partial charge is 0.367 e. The summed E-state index contributed by atoms with van der Waals surface area (Å²) < 4.78 is 2.08. The zero-order valence-corrected chi connectivity index (χ0v) is 8.48. The summed E-state index contributed by atoms with van der Waals surface area (Å²) in [6.07, 6.45) is 5.00.